The van der Waals surface area contributed by atoms with E-state index in [-0.39, 0.29) is 11.3 Å². The third kappa shape index (κ3) is 5.96. The van der Waals surface area contributed by atoms with Crippen molar-refractivity contribution in [2.24, 2.45) is 0 Å². The van der Waals surface area contributed by atoms with Gasteiger partial charge in [0.2, 0.25) is 0 Å². The number of hydrogen-bond donors (Lipinski definition) is 1. The Hall–Kier alpha value is -0.350. The van der Waals surface area contributed by atoms with Crippen LogP contribution in [-0.4, -0.2) is 32.0 Å². The van der Waals surface area contributed by atoms with Gasteiger partial charge in [-0.25, -0.2) is 8.42 Å². The molecule has 1 saturated heterocycles. The van der Waals surface area contributed by atoms with Crippen LogP contribution in [0.4, 0.5) is 0 Å². The van der Waals surface area contributed by atoms with E-state index in [1.54, 1.807) is 0 Å². The molecule has 1 heterocycles. The summed E-state index contributed by atoms with van der Waals surface area (Å²) in [6.07, 6.45) is 11.3. The van der Waals surface area contributed by atoms with Crippen molar-refractivity contribution >= 4 is 9.84 Å². The van der Waals surface area contributed by atoms with Crippen molar-refractivity contribution in [3.8, 4) is 0 Å². The van der Waals surface area contributed by atoms with Gasteiger partial charge in [-0.3, -0.25) is 0 Å². The van der Waals surface area contributed by atoms with E-state index in [0.29, 0.717) is 5.75 Å². The summed E-state index contributed by atoms with van der Waals surface area (Å²) in [5.74, 6) is 0.387. The highest BCUT2D eigenvalue weighted by atomic mass is 32.2. The Bertz CT molecular complexity index is 365. The van der Waals surface area contributed by atoms with Crippen LogP contribution in [0, 0.1) is 0 Å². The molecule has 20 heavy (non-hydrogen) atoms. The Balaban J connectivity index is 2.51. The van der Waals surface area contributed by atoms with E-state index in [9.17, 15) is 8.42 Å². The fourth-order valence-electron chi connectivity index (χ4n) is 3.01. The van der Waals surface area contributed by atoms with Crippen molar-refractivity contribution in [3.05, 3.63) is 12.7 Å². The first kappa shape index (κ1) is 17.7. The Morgan fingerprint density at radius 1 is 1.30 bits per heavy atom. The first-order chi connectivity index (χ1) is 9.61. The number of hydrogen-bond acceptors (Lipinski definition) is 3. The van der Waals surface area contributed by atoms with E-state index in [4.69, 9.17) is 0 Å². The van der Waals surface area contributed by atoms with Gasteiger partial charge in [0.1, 0.15) is 0 Å². The SMILES string of the molecule is C=CCCCCCC(NCCC)C1CCCCS1(=O)=O. The molecule has 0 aliphatic carbocycles. The van der Waals surface area contributed by atoms with Gasteiger partial charge in [-0.1, -0.05) is 32.3 Å². The summed E-state index contributed by atoms with van der Waals surface area (Å²) in [7, 11) is -2.88. The maximum absolute atomic E-state index is 12.3. The Labute approximate surface area is 125 Å². The van der Waals surface area contributed by atoms with E-state index in [1.807, 2.05) is 6.08 Å². The molecule has 0 aromatic rings. The molecule has 118 valence electrons. The zero-order chi connectivity index (χ0) is 14.8. The van der Waals surface area contributed by atoms with Crippen LogP contribution in [0.2, 0.25) is 0 Å². The fourth-order valence-corrected chi connectivity index (χ4v) is 5.18. The summed E-state index contributed by atoms with van der Waals surface area (Å²) < 4.78 is 24.5. The Morgan fingerprint density at radius 3 is 2.75 bits per heavy atom. The van der Waals surface area contributed by atoms with Crippen molar-refractivity contribution in [3.63, 3.8) is 0 Å². The minimum absolute atomic E-state index is 0.151. The normalized spacial score (nSPS) is 23.4. The Kier molecular flexibility index (Phi) is 8.46. The molecule has 1 aliphatic rings. The lowest BCUT2D eigenvalue weighted by molar-refractivity contribution is 0.404. The number of nitrogens with one attached hydrogen (secondary N) is 1. The number of allylic oxidation sites excluding steroid dienone is 1. The second kappa shape index (κ2) is 9.56. The minimum Gasteiger partial charge on any atom is -0.313 e. The van der Waals surface area contributed by atoms with Crippen LogP contribution in [0.15, 0.2) is 12.7 Å². The smallest absolute Gasteiger partial charge is 0.154 e. The lowest BCUT2D eigenvalue weighted by atomic mass is 10.0. The summed E-state index contributed by atoms with van der Waals surface area (Å²) in [5.41, 5.74) is 0. The largest absolute Gasteiger partial charge is 0.313 e. The van der Waals surface area contributed by atoms with Crippen molar-refractivity contribution in [2.45, 2.75) is 76.0 Å². The maximum atomic E-state index is 12.3. The first-order valence-electron chi connectivity index (χ1n) is 8.17. The van der Waals surface area contributed by atoms with Crippen LogP contribution >= 0.6 is 0 Å². The molecule has 0 aromatic carbocycles. The highest BCUT2D eigenvalue weighted by Gasteiger charge is 2.34. The van der Waals surface area contributed by atoms with Gasteiger partial charge in [-0.05, 0) is 45.1 Å². The summed E-state index contributed by atoms with van der Waals surface area (Å²) in [5, 5.41) is 3.34. The molecule has 1 aliphatic heterocycles. The quantitative estimate of drug-likeness (QED) is 0.496. The van der Waals surface area contributed by atoms with Gasteiger partial charge in [-0.2, -0.15) is 0 Å². The van der Waals surface area contributed by atoms with E-state index >= 15 is 0 Å². The summed E-state index contributed by atoms with van der Waals surface area (Å²) in [6, 6.07) is 0.156. The van der Waals surface area contributed by atoms with Crippen LogP contribution in [0.5, 0.6) is 0 Å². The predicted octanol–water partition coefficient (Wildman–Crippen LogP) is 3.46. The van der Waals surface area contributed by atoms with Gasteiger partial charge in [0.05, 0.1) is 11.0 Å². The van der Waals surface area contributed by atoms with Gasteiger partial charge in [0.15, 0.2) is 9.84 Å². The first-order valence-corrected chi connectivity index (χ1v) is 9.89. The van der Waals surface area contributed by atoms with E-state index in [0.717, 1.165) is 51.5 Å². The number of rotatable bonds is 10. The van der Waals surface area contributed by atoms with Gasteiger partial charge in [0, 0.05) is 6.04 Å². The van der Waals surface area contributed by atoms with Gasteiger partial charge in [0.25, 0.3) is 0 Å². The third-order valence-electron chi connectivity index (χ3n) is 4.16. The topological polar surface area (TPSA) is 46.2 Å². The number of unbranched alkanes of at least 4 members (excludes halogenated alkanes) is 3. The van der Waals surface area contributed by atoms with E-state index in [1.165, 1.54) is 12.8 Å². The lowest BCUT2D eigenvalue weighted by Gasteiger charge is -2.31. The molecule has 2 unspecified atom stereocenters. The highest BCUT2D eigenvalue weighted by Crippen LogP contribution is 2.25. The highest BCUT2D eigenvalue weighted by molar-refractivity contribution is 7.92. The molecule has 0 spiro atoms. The summed E-state index contributed by atoms with van der Waals surface area (Å²) in [4.78, 5) is 0. The number of sulfone groups is 1. The van der Waals surface area contributed by atoms with Gasteiger partial charge >= 0.3 is 0 Å². The lowest BCUT2D eigenvalue weighted by Crippen LogP contribution is -2.46. The molecule has 0 saturated carbocycles. The van der Waals surface area contributed by atoms with Gasteiger partial charge in [-0.15, -0.1) is 6.58 Å². The molecule has 1 rings (SSSR count). The van der Waals surface area contributed by atoms with Gasteiger partial charge < -0.3 is 5.32 Å². The molecule has 0 bridgehead atoms. The summed E-state index contributed by atoms with van der Waals surface area (Å²) >= 11 is 0. The fraction of sp³-hybridized carbons (Fsp3) is 0.875. The molecular weight excluding hydrogens is 270 g/mol. The van der Waals surface area contributed by atoms with E-state index < -0.39 is 9.84 Å². The minimum atomic E-state index is -2.88. The van der Waals surface area contributed by atoms with Crippen molar-refractivity contribution in [1.29, 1.82) is 0 Å². The van der Waals surface area contributed by atoms with Crippen molar-refractivity contribution in [1.82, 2.24) is 5.32 Å². The Morgan fingerprint density at radius 2 is 2.10 bits per heavy atom. The zero-order valence-corrected chi connectivity index (χ0v) is 13.8. The van der Waals surface area contributed by atoms with Crippen LogP contribution in [0.25, 0.3) is 0 Å². The second-order valence-electron chi connectivity index (χ2n) is 5.89. The standard InChI is InChI=1S/C16H31NO2S/c1-3-5-6-7-8-11-15(17-13-4-2)16-12-9-10-14-20(16,18)19/h3,15-17H,1,4-14H2,2H3. The third-order valence-corrected chi connectivity index (χ3v) is 6.50. The molecule has 0 radical (unpaired) electrons. The average Bonchev–Trinajstić information content (AvgIpc) is 2.42. The van der Waals surface area contributed by atoms with Crippen LogP contribution < -0.4 is 5.32 Å². The molecule has 1 N–H and O–H groups in total. The van der Waals surface area contributed by atoms with Crippen LogP contribution in [0.1, 0.15) is 64.7 Å². The molecule has 0 amide bonds. The predicted molar refractivity (Wildman–Crippen MR) is 86.8 cm³/mol. The van der Waals surface area contributed by atoms with Crippen molar-refractivity contribution < 1.29 is 8.42 Å². The van der Waals surface area contributed by atoms with Crippen LogP contribution in [0.3, 0.4) is 0 Å². The molecule has 1 fully saturated rings. The van der Waals surface area contributed by atoms with Crippen LogP contribution in [-0.2, 0) is 9.84 Å². The molecule has 0 aromatic heterocycles. The molecule has 2 atom stereocenters. The zero-order valence-electron chi connectivity index (χ0n) is 12.9. The monoisotopic (exact) mass is 301 g/mol. The summed E-state index contributed by atoms with van der Waals surface area (Å²) in [6.45, 7) is 6.78. The maximum Gasteiger partial charge on any atom is 0.154 e. The van der Waals surface area contributed by atoms with E-state index in [2.05, 4.69) is 18.8 Å². The molecule has 3 nitrogen and oxygen atoms in total. The average molecular weight is 301 g/mol. The van der Waals surface area contributed by atoms with Crippen molar-refractivity contribution in [2.75, 3.05) is 12.3 Å². The second-order valence-corrected chi connectivity index (χ2v) is 8.23. The molecular formula is C16H31NO2S. The molecule has 4 heteroatoms.